The lowest BCUT2D eigenvalue weighted by Crippen LogP contribution is -2.24. The minimum Gasteiger partial charge on any atom is -0.321 e. The van der Waals surface area contributed by atoms with Crippen LogP contribution in [0, 0.1) is 0 Å². The van der Waals surface area contributed by atoms with Gasteiger partial charge in [-0.25, -0.2) is 0 Å². The molecule has 1 N–H and O–H groups in total. The summed E-state index contributed by atoms with van der Waals surface area (Å²) in [5.41, 5.74) is 2.24. The van der Waals surface area contributed by atoms with Crippen LogP contribution in [0.1, 0.15) is 41.6 Å². The standard InChI is InChI=1S/C20H21Cl3N2O/c21-16-11-18(23)19(12-17(16)22)24-20(26)15-7-5-14(6-8-15)13-25-9-3-1-2-4-10-25/h5-8,11-12H,1-4,9-10,13H2,(H,24,26). The fraction of sp³-hybridized carbons (Fsp3) is 0.350. The van der Waals surface area contributed by atoms with E-state index < -0.39 is 0 Å². The van der Waals surface area contributed by atoms with E-state index >= 15 is 0 Å². The van der Waals surface area contributed by atoms with Crippen molar-refractivity contribution < 1.29 is 4.79 Å². The van der Waals surface area contributed by atoms with Crippen LogP contribution < -0.4 is 5.32 Å². The third kappa shape index (κ3) is 5.14. The molecule has 6 heteroatoms. The zero-order valence-corrected chi connectivity index (χ0v) is 16.7. The second-order valence-corrected chi connectivity index (χ2v) is 7.81. The van der Waals surface area contributed by atoms with Crippen LogP contribution >= 0.6 is 34.8 Å². The van der Waals surface area contributed by atoms with E-state index in [2.05, 4.69) is 10.2 Å². The number of rotatable bonds is 4. The van der Waals surface area contributed by atoms with Crippen molar-refractivity contribution in [2.75, 3.05) is 18.4 Å². The van der Waals surface area contributed by atoms with Crippen LogP contribution in [0.15, 0.2) is 36.4 Å². The maximum absolute atomic E-state index is 12.5. The summed E-state index contributed by atoms with van der Waals surface area (Å²) in [6.45, 7) is 3.23. The number of carbonyl (C=O) groups is 1. The number of carbonyl (C=O) groups excluding carboxylic acids is 1. The minimum absolute atomic E-state index is 0.230. The van der Waals surface area contributed by atoms with E-state index in [0.29, 0.717) is 26.3 Å². The number of nitrogens with one attached hydrogen (secondary N) is 1. The first-order chi connectivity index (χ1) is 12.5. The molecule has 2 aromatic carbocycles. The summed E-state index contributed by atoms with van der Waals surface area (Å²) < 4.78 is 0. The highest BCUT2D eigenvalue weighted by Crippen LogP contribution is 2.32. The van der Waals surface area contributed by atoms with Crippen molar-refractivity contribution in [3.8, 4) is 0 Å². The molecule has 1 heterocycles. The van der Waals surface area contributed by atoms with Crippen molar-refractivity contribution in [3.05, 3.63) is 62.6 Å². The van der Waals surface area contributed by atoms with Gasteiger partial charge in [0, 0.05) is 12.1 Å². The van der Waals surface area contributed by atoms with Gasteiger partial charge < -0.3 is 5.32 Å². The van der Waals surface area contributed by atoms with Gasteiger partial charge in [-0.15, -0.1) is 0 Å². The lowest BCUT2D eigenvalue weighted by molar-refractivity contribution is 0.102. The molecule has 1 fully saturated rings. The molecular formula is C20H21Cl3N2O. The number of nitrogens with zero attached hydrogens (tertiary/aromatic N) is 1. The Balaban J connectivity index is 1.64. The van der Waals surface area contributed by atoms with Gasteiger partial charge in [-0.05, 0) is 55.8 Å². The molecule has 3 rings (SSSR count). The van der Waals surface area contributed by atoms with E-state index in [-0.39, 0.29) is 5.91 Å². The van der Waals surface area contributed by atoms with Crippen molar-refractivity contribution in [2.24, 2.45) is 0 Å². The molecule has 0 aromatic heterocycles. The molecule has 138 valence electrons. The van der Waals surface area contributed by atoms with Crippen molar-refractivity contribution >= 4 is 46.4 Å². The Kier molecular flexibility index (Phi) is 6.82. The molecule has 1 saturated heterocycles. The first-order valence-corrected chi connectivity index (χ1v) is 9.93. The van der Waals surface area contributed by atoms with Gasteiger partial charge in [0.1, 0.15) is 0 Å². The average Bonchev–Trinajstić information content (AvgIpc) is 2.89. The van der Waals surface area contributed by atoms with Gasteiger partial charge in [0.2, 0.25) is 0 Å². The van der Waals surface area contributed by atoms with Gasteiger partial charge in [0.05, 0.1) is 20.8 Å². The van der Waals surface area contributed by atoms with E-state index in [1.54, 1.807) is 6.07 Å². The first kappa shape index (κ1) is 19.5. The fourth-order valence-corrected chi connectivity index (χ4v) is 3.72. The molecule has 3 nitrogen and oxygen atoms in total. The Hall–Kier alpha value is -1.26. The van der Waals surface area contributed by atoms with Crippen LogP contribution in [0.3, 0.4) is 0 Å². The summed E-state index contributed by atoms with van der Waals surface area (Å²) in [6, 6.07) is 10.8. The fourth-order valence-electron chi connectivity index (χ4n) is 3.13. The number of amides is 1. The first-order valence-electron chi connectivity index (χ1n) is 8.80. The maximum Gasteiger partial charge on any atom is 0.255 e. The molecule has 0 bridgehead atoms. The van der Waals surface area contributed by atoms with E-state index in [1.807, 2.05) is 24.3 Å². The van der Waals surface area contributed by atoms with Gasteiger partial charge in [-0.2, -0.15) is 0 Å². The van der Waals surface area contributed by atoms with Crippen molar-refractivity contribution in [2.45, 2.75) is 32.2 Å². The van der Waals surface area contributed by atoms with Crippen LogP contribution in [0.2, 0.25) is 15.1 Å². The van der Waals surface area contributed by atoms with Gasteiger partial charge in [-0.3, -0.25) is 9.69 Å². The highest BCUT2D eigenvalue weighted by atomic mass is 35.5. The van der Waals surface area contributed by atoms with Gasteiger partial charge in [0.25, 0.3) is 5.91 Å². The SMILES string of the molecule is O=C(Nc1cc(Cl)c(Cl)cc1Cl)c1ccc(CN2CCCCCC2)cc1. The van der Waals surface area contributed by atoms with E-state index in [9.17, 15) is 4.79 Å². The molecule has 26 heavy (non-hydrogen) atoms. The molecule has 2 aromatic rings. The second kappa shape index (κ2) is 9.09. The second-order valence-electron chi connectivity index (χ2n) is 6.59. The third-order valence-corrected chi connectivity index (χ3v) is 5.61. The summed E-state index contributed by atoms with van der Waals surface area (Å²) in [5, 5.41) is 3.83. The van der Waals surface area contributed by atoms with Crippen molar-refractivity contribution in [1.82, 2.24) is 4.90 Å². The number of likely N-dealkylation sites (tertiary alicyclic amines) is 1. The lowest BCUT2D eigenvalue weighted by Gasteiger charge is -2.19. The van der Waals surface area contributed by atoms with Crippen LogP contribution in [0.4, 0.5) is 5.69 Å². The minimum atomic E-state index is -0.230. The molecule has 1 aliphatic heterocycles. The highest BCUT2D eigenvalue weighted by Gasteiger charge is 2.13. The Bertz CT molecular complexity index is 769. The Labute approximate surface area is 169 Å². The van der Waals surface area contributed by atoms with Crippen LogP contribution in [-0.2, 0) is 6.54 Å². The molecule has 0 saturated carbocycles. The summed E-state index contributed by atoms with van der Waals surface area (Å²) in [5.74, 6) is -0.230. The highest BCUT2D eigenvalue weighted by molar-refractivity contribution is 6.44. The molecule has 1 aliphatic rings. The molecule has 0 spiro atoms. The topological polar surface area (TPSA) is 32.3 Å². The van der Waals surface area contributed by atoms with Crippen molar-refractivity contribution in [1.29, 1.82) is 0 Å². The van der Waals surface area contributed by atoms with Gasteiger partial charge >= 0.3 is 0 Å². The van der Waals surface area contributed by atoms with E-state index in [1.165, 1.54) is 37.3 Å². The summed E-state index contributed by atoms with van der Waals surface area (Å²) >= 11 is 18.0. The number of halogens is 3. The van der Waals surface area contributed by atoms with Crippen molar-refractivity contribution in [3.63, 3.8) is 0 Å². The zero-order chi connectivity index (χ0) is 18.5. The summed E-state index contributed by atoms with van der Waals surface area (Å²) in [6.07, 6.45) is 5.19. The molecule has 1 amide bonds. The van der Waals surface area contributed by atoms with E-state index in [4.69, 9.17) is 34.8 Å². The Morgan fingerprint density at radius 2 is 1.50 bits per heavy atom. The molecule has 0 aliphatic carbocycles. The van der Waals surface area contributed by atoms with Gasteiger partial charge in [0.15, 0.2) is 0 Å². The number of benzene rings is 2. The molecular weight excluding hydrogens is 391 g/mol. The largest absolute Gasteiger partial charge is 0.321 e. The Morgan fingerprint density at radius 1 is 0.885 bits per heavy atom. The summed E-state index contributed by atoms with van der Waals surface area (Å²) in [7, 11) is 0. The van der Waals surface area contributed by atoms with Crippen LogP contribution in [0.25, 0.3) is 0 Å². The zero-order valence-electron chi connectivity index (χ0n) is 14.4. The Morgan fingerprint density at radius 3 is 2.15 bits per heavy atom. The molecule has 0 atom stereocenters. The monoisotopic (exact) mass is 410 g/mol. The van der Waals surface area contributed by atoms with Crippen LogP contribution in [0.5, 0.6) is 0 Å². The number of hydrogen-bond donors (Lipinski definition) is 1. The predicted octanol–water partition coefficient (Wildman–Crippen LogP) is 6.28. The third-order valence-electron chi connectivity index (χ3n) is 4.58. The normalized spacial score (nSPS) is 15.5. The summed E-state index contributed by atoms with van der Waals surface area (Å²) in [4.78, 5) is 14.9. The predicted molar refractivity (Wildman–Crippen MR) is 110 cm³/mol. The van der Waals surface area contributed by atoms with E-state index in [0.717, 1.165) is 19.6 Å². The lowest BCUT2D eigenvalue weighted by atomic mass is 10.1. The smallest absolute Gasteiger partial charge is 0.255 e. The quantitative estimate of drug-likeness (QED) is 0.601. The van der Waals surface area contributed by atoms with Crippen LogP contribution in [-0.4, -0.2) is 23.9 Å². The maximum atomic E-state index is 12.5. The average molecular weight is 412 g/mol. The number of hydrogen-bond acceptors (Lipinski definition) is 2. The molecule has 0 radical (unpaired) electrons. The molecule has 0 unspecified atom stereocenters. The van der Waals surface area contributed by atoms with Gasteiger partial charge in [-0.1, -0.05) is 59.8 Å². The number of anilines is 1.